The quantitative estimate of drug-likeness (QED) is 0.256. The summed E-state index contributed by atoms with van der Waals surface area (Å²) in [5, 5.41) is 5.69. The molecule has 0 aliphatic heterocycles. The SMILES string of the molecule is CCCCCNC(=O)C(c1cc(C)ccc1C)N(CCCC)C(=O)C(CS)NC(=O)OC(C)(C)C. The highest BCUT2D eigenvalue weighted by Gasteiger charge is 2.36. The Kier molecular flexibility index (Phi) is 13.2. The average Bonchev–Trinajstić information content (AvgIpc) is 2.78. The maximum absolute atomic E-state index is 13.8. The van der Waals surface area contributed by atoms with Crippen molar-refractivity contribution in [2.75, 3.05) is 18.8 Å². The van der Waals surface area contributed by atoms with Gasteiger partial charge in [0.05, 0.1) is 0 Å². The molecular formula is C27H45N3O4S. The molecule has 198 valence electrons. The molecule has 2 atom stereocenters. The molecule has 7 nitrogen and oxygen atoms in total. The zero-order valence-corrected chi connectivity index (χ0v) is 23.5. The molecule has 0 saturated heterocycles. The zero-order chi connectivity index (χ0) is 26.6. The number of aryl methyl sites for hydroxylation is 2. The van der Waals surface area contributed by atoms with Gasteiger partial charge in [-0.05, 0) is 58.6 Å². The number of benzene rings is 1. The zero-order valence-electron chi connectivity index (χ0n) is 22.6. The van der Waals surface area contributed by atoms with Crippen LogP contribution in [0.25, 0.3) is 0 Å². The molecule has 0 aromatic heterocycles. The third-order valence-corrected chi connectivity index (χ3v) is 5.94. The first-order valence-electron chi connectivity index (χ1n) is 12.7. The van der Waals surface area contributed by atoms with Gasteiger partial charge in [-0.2, -0.15) is 12.6 Å². The second kappa shape index (κ2) is 15.0. The maximum Gasteiger partial charge on any atom is 0.408 e. The van der Waals surface area contributed by atoms with Crippen LogP contribution >= 0.6 is 12.6 Å². The minimum Gasteiger partial charge on any atom is -0.444 e. The number of nitrogens with zero attached hydrogens (tertiary/aromatic N) is 1. The van der Waals surface area contributed by atoms with Gasteiger partial charge in [0.25, 0.3) is 0 Å². The van der Waals surface area contributed by atoms with Gasteiger partial charge in [-0.1, -0.05) is 56.9 Å². The van der Waals surface area contributed by atoms with Crippen LogP contribution in [0.1, 0.15) is 89.5 Å². The van der Waals surface area contributed by atoms with Crippen molar-refractivity contribution in [1.29, 1.82) is 0 Å². The number of unbranched alkanes of at least 4 members (excludes halogenated alkanes) is 3. The van der Waals surface area contributed by atoms with Crippen LogP contribution in [0.5, 0.6) is 0 Å². The van der Waals surface area contributed by atoms with Crippen LogP contribution in [0.4, 0.5) is 4.79 Å². The molecule has 35 heavy (non-hydrogen) atoms. The van der Waals surface area contributed by atoms with Gasteiger partial charge >= 0.3 is 6.09 Å². The molecule has 8 heteroatoms. The molecular weight excluding hydrogens is 462 g/mol. The number of rotatable bonds is 13. The number of nitrogens with one attached hydrogen (secondary N) is 2. The first kappa shape index (κ1) is 30.8. The first-order valence-corrected chi connectivity index (χ1v) is 13.3. The number of hydrogen-bond donors (Lipinski definition) is 3. The number of carbonyl (C=O) groups excluding carboxylic acids is 3. The fourth-order valence-corrected chi connectivity index (χ4v) is 3.97. The Hall–Kier alpha value is -2.22. The summed E-state index contributed by atoms with van der Waals surface area (Å²) in [6.07, 6.45) is 3.84. The van der Waals surface area contributed by atoms with Crippen LogP contribution in [0.2, 0.25) is 0 Å². The predicted octanol–water partition coefficient (Wildman–Crippen LogP) is 5.10. The van der Waals surface area contributed by atoms with E-state index in [-0.39, 0.29) is 17.6 Å². The van der Waals surface area contributed by atoms with Gasteiger partial charge in [0.1, 0.15) is 17.7 Å². The smallest absolute Gasteiger partial charge is 0.408 e. The summed E-state index contributed by atoms with van der Waals surface area (Å²) in [7, 11) is 0. The normalized spacial score (nSPS) is 13.0. The molecule has 0 aliphatic rings. The summed E-state index contributed by atoms with van der Waals surface area (Å²) in [4.78, 5) is 41.4. The van der Waals surface area contributed by atoms with Crippen molar-refractivity contribution in [3.8, 4) is 0 Å². The van der Waals surface area contributed by atoms with Crippen LogP contribution in [-0.4, -0.2) is 53.3 Å². The summed E-state index contributed by atoms with van der Waals surface area (Å²) in [5.41, 5.74) is 2.03. The molecule has 0 fully saturated rings. The Bertz CT molecular complexity index is 838. The summed E-state index contributed by atoms with van der Waals surface area (Å²) < 4.78 is 5.35. The van der Waals surface area contributed by atoms with E-state index in [9.17, 15) is 14.4 Å². The first-order chi connectivity index (χ1) is 16.4. The van der Waals surface area contributed by atoms with Gasteiger partial charge in [0.15, 0.2) is 0 Å². The molecule has 2 N–H and O–H groups in total. The summed E-state index contributed by atoms with van der Waals surface area (Å²) in [6, 6.07) is 4.20. The summed E-state index contributed by atoms with van der Waals surface area (Å²) >= 11 is 4.33. The third kappa shape index (κ3) is 10.5. The van der Waals surface area contributed by atoms with Crippen molar-refractivity contribution in [2.24, 2.45) is 0 Å². The van der Waals surface area contributed by atoms with Crippen molar-refractivity contribution in [3.63, 3.8) is 0 Å². The number of alkyl carbamates (subject to hydrolysis) is 1. The highest BCUT2D eigenvalue weighted by molar-refractivity contribution is 7.80. The largest absolute Gasteiger partial charge is 0.444 e. The molecule has 0 bridgehead atoms. The lowest BCUT2D eigenvalue weighted by atomic mass is 9.96. The van der Waals surface area contributed by atoms with Crippen LogP contribution in [-0.2, 0) is 14.3 Å². The van der Waals surface area contributed by atoms with Crippen molar-refractivity contribution >= 4 is 30.5 Å². The van der Waals surface area contributed by atoms with Gasteiger partial charge < -0.3 is 20.3 Å². The fourth-order valence-electron chi connectivity index (χ4n) is 3.72. The molecule has 0 aliphatic carbocycles. The van der Waals surface area contributed by atoms with E-state index in [4.69, 9.17) is 4.74 Å². The van der Waals surface area contributed by atoms with Gasteiger partial charge in [-0.15, -0.1) is 0 Å². The molecule has 0 radical (unpaired) electrons. The van der Waals surface area contributed by atoms with E-state index in [1.54, 1.807) is 25.7 Å². The van der Waals surface area contributed by atoms with Crippen LogP contribution in [0.15, 0.2) is 18.2 Å². The molecule has 0 saturated carbocycles. The van der Waals surface area contributed by atoms with Crippen molar-refractivity contribution in [2.45, 2.75) is 98.3 Å². The Labute approximate surface area is 217 Å². The number of amides is 3. The number of ether oxygens (including phenoxy) is 1. The monoisotopic (exact) mass is 507 g/mol. The fraction of sp³-hybridized carbons (Fsp3) is 0.667. The van der Waals surface area contributed by atoms with E-state index in [0.29, 0.717) is 13.1 Å². The second-order valence-corrected chi connectivity index (χ2v) is 10.4. The molecule has 1 rings (SSSR count). The Morgan fingerprint density at radius 3 is 2.29 bits per heavy atom. The number of hydrogen-bond acceptors (Lipinski definition) is 5. The molecule has 3 amide bonds. The Morgan fingerprint density at radius 1 is 1.06 bits per heavy atom. The van der Waals surface area contributed by atoms with Gasteiger partial charge in [-0.25, -0.2) is 4.79 Å². The predicted molar refractivity (Wildman–Crippen MR) is 145 cm³/mol. The van der Waals surface area contributed by atoms with Crippen LogP contribution < -0.4 is 10.6 Å². The molecule has 2 unspecified atom stereocenters. The van der Waals surface area contributed by atoms with E-state index in [0.717, 1.165) is 48.8 Å². The van der Waals surface area contributed by atoms with E-state index in [1.807, 2.05) is 39.0 Å². The standard InChI is InChI=1S/C27H45N3O4S/c1-8-10-12-15-28-24(31)23(21-17-19(3)13-14-20(21)4)30(16-11-9-2)25(32)22(18-35)29-26(33)34-27(5,6)7/h13-14,17,22-23,35H,8-12,15-16,18H2,1-7H3,(H,28,31)(H,29,33). The lowest BCUT2D eigenvalue weighted by Crippen LogP contribution is -2.54. The van der Waals surface area contributed by atoms with Gasteiger partial charge in [0, 0.05) is 18.8 Å². The van der Waals surface area contributed by atoms with Crippen molar-refractivity contribution in [1.82, 2.24) is 15.5 Å². The molecule has 0 heterocycles. The van der Waals surface area contributed by atoms with E-state index < -0.39 is 23.8 Å². The van der Waals surface area contributed by atoms with E-state index in [1.165, 1.54) is 0 Å². The topological polar surface area (TPSA) is 87.7 Å². The van der Waals surface area contributed by atoms with Crippen molar-refractivity contribution < 1.29 is 19.1 Å². The summed E-state index contributed by atoms with van der Waals surface area (Å²) in [5.74, 6) is -0.485. The minimum atomic E-state index is -0.925. The summed E-state index contributed by atoms with van der Waals surface area (Å²) in [6.45, 7) is 14.3. The lowest BCUT2D eigenvalue weighted by Gasteiger charge is -2.35. The Balaban J connectivity index is 3.37. The molecule has 1 aromatic rings. The maximum atomic E-state index is 13.8. The lowest BCUT2D eigenvalue weighted by molar-refractivity contribution is -0.142. The van der Waals surface area contributed by atoms with Crippen LogP contribution in [0.3, 0.4) is 0 Å². The number of thiol groups is 1. The molecule has 1 aromatic carbocycles. The van der Waals surface area contributed by atoms with Gasteiger partial charge in [-0.3, -0.25) is 9.59 Å². The van der Waals surface area contributed by atoms with Gasteiger partial charge in [0.2, 0.25) is 11.8 Å². The van der Waals surface area contributed by atoms with Crippen molar-refractivity contribution in [3.05, 3.63) is 34.9 Å². The van der Waals surface area contributed by atoms with Crippen LogP contribution in [0, 0.1) is 13.8 Å². The highest BCUT2D eigenvalue weighted by atomic mass is 32.1. The van der Waals surface area contributed by atoms with E-state index in [2.05, 4.69) is 30.2 Å². The second-order valence-electron chi connectivity index (χ2n) is 10.0. The van der Waals surface area contributed by atoms with E-state index >= 15 is 0 Å². The third-order valence-electron chi connectivity index (χ3n) is 5.58. The minimum absolute atomic E-state index is 0.0817. The molecule has 0 spiro atoms. The Morgan fingerprint density at radius 2 is 1.71 bits per heavy atom. The highest BCUT2D eigenvalue weighted by Crippen LogP contribution is 2.27. The average molecular weight is 508 g/mol. The number of carbonyl (C=O) groups is 3.